The fourth-order valence-corrected chi connectivity index (χ4v) is 6.34. The van der Waals surface area contributed by atoms with Crippen LogP contribution in [0.2, 0.25) is 0 Å². The molecule has 0 spiro atoms. The van der Waals surface area contributed by atoms with Gasteiger partial charge in [-0.1, -0.05) is 44.9 Å². The van der Waals surface area contributed by atoms with Gasteiger partial charge in [0.05, 0.1) is 6.17 Å². The maximum absolute atomic E-state index is 5.98. The molecule has 160 valence electrons. The van der Waals surface area contributed by atoms with Gasteiger partial charge in [-0.15, -0.1) is 0 Å². The minimum atomic E-state index is 0.0613. The Morgan fingerprint density at radius 2 is 1.07 bits per heavy atom. The quantitative estimate of drug-likeness (QED) is 0.629. The minimum Gasteiger partial charge on any atom is -0.281 e. The van der Waals surface area contributed by atoms with Crippen LogP contribution in [0.5, 0.6) is 0 Å². The lowest BCUT2D eigenvalue weighted by Gasteiger charge is -2.34. The molecule has 6 atom stereocenters. The lowest BCUT2D eigenvalue weighted by Crippen LogP contribution is -2.47. The smallest absolute Gasteiger partial charge is 0.148 e. The van der Waals surface area contributed by atoms with Crippen molar-refractivity contribution >= 4 is 0 Å². The van der Waals surface area contributed by atoms with E-state index in [1.165, 1.54) is 89.9 Å². The number of hydrogen-bond donors (Lipinski definition) is 3. The Labute approximate surface area is 169 Å². The highest BCUT2D eigenvalue weighted by Gasteiger charge is 2.42. The Bertz CT molecular complexity index is 453. The summed E-state index contributed by atoms with van der Waals surface area (Å²) in [6, 6.07) is 0. The van der Waals surface area contributed by atoms with Crippen LogP contribution in [-0.4, -0.2) is 24.8 Å². The van der Waals surface area contributed by atoms with E-state index < -0.39 is 0 Å². The lowest BCUT2D eigenvalue weighted by atomic mass is 9.78. The van der Waals surface area contributed by atoms with Gasteiger partial charge in [-0.3, -0.25) is 15.5 Å². The average molecular weight is 394 g/mol. The summed E-state index contributed by atoms with van der Waals surface area (Å²) < 4.78 is 0. The van der Waals surface area contributed by atoms with Gasteiger partial charge in [0.1, 0.15) is 18.7 Å². The molecule has 5 rings (SSSR count). The normalized spacial score (nSPS) is 44.1. The Hall–Kier alpha value is -0.240. The SMILES string of the molecule is C1CCC(C2NC(C3CCCC(C4NC(C5CCCCC5)OO4)C3)NO2)CC1. The van der Waals surface area contributed by atoms with Gasteiger partial charge >= 0.3 is 0 Å². The van der Waals surface area contributed by atoms with Crippen molar-refractivity contribution in [1.82, 2.24) is 16.1 Å². The molecule has 2 saturated heterocycles. The molecule has 6 unspecified atom stereocenters. The first-order valence-electron chi connectivity index (χ1n) is 12.1. The Morgan fingerprint density at radius 1 is 0.500 bits per heavy atom. The summed E-state index contributed by atoms with van der Waals surface area (Å²) in [5.74, 6) is 2.44. The second-order valence-corrected chi connectivity index (χ2v) is 9.98. The standard InChI is InChI=1S/C22H39N3O3/c1-3-8-15(9-4-1)20-23-19(25-26-20)17-12-7-13-18(14-17)22-24-21(27-28-22)16-10-5-2-6-11-16/h15-25H,1-14H2. The molecule has 0 aromatic rings. The van der Waals surface area contributed by atoms with E-state index in [9.17, 15) is 0 Å². The van der Waals surface area contributed by atoms with Gasteiger partial charge in [-0.05, 0) is 50.9 Å². The van der Waals surface area contributed by atoms with Crippen molar-refractivity contribution < 1.29 is 14.6 Å². The van der Waals surface area contributed by atoms with E-state index in [1.807, 2.05) is 0 Å². The molecule has 0 aromatic carbocycles. The van der Waals surface area contributed by atoms with Crippen LogP contribution in [0, 0.1) is 23.7 Å². The van der Waals surface area contributed by atoms with Crippen molar-refractivity contribution in [2.45, 2.75) is 115 Å². The van der Waals surface area contributed by atoms with Crippen LogP contribution in [0.15, 0.2) is 0 Å². The highest BCUT2D eigenvalue weighted by Crippen LogP contribution is 2.38. The highest BCUT2D eigenvalue weighted by molar-refractivity contribution is 4.88. The Morgan fingerprint density at radius 3 is 1.79 bits per heavy atom. The van der Waals surface area contributed by atoms with Crippen molar-refractivity contribution in [3.8, 4) is 0 Å². The van der Waals surface area contributed by atoms with Gasteiger partial charge in [0.2, 0.25) is 0 Å². The van der Waals surface area contributed by atoms with Crippen molar-refractivity contribution in [2.75, 3.05) is 0 Å². The molecular weight excluding hydrogens is 354 g/mol. The Kier molecular flexibility index (Phi) is 6.53. The number of rotatable bonds is 4. The van der Waals surface area contributed by atoms with Crippen LogP contribution in [-0.2, 0) is 14.6 Å². The van der Waals surface area contributed by atoms with Gasteiger partial charge in [-0.25, -0.2) is 9.78 Å². The van der Waals surface area contributed by atoms with Crippen LogP contribution < -0.4 is 16.1 Å². The molecule has 3 aliphatic carbocycles. The average Bonchev–Trinajstić information content (AvgIpc) is 3.46. The molecule has 3 N–H and O–H groups in total. The minimum absolute atomic E-state index is 0.0613. The third-order valence-corrected chi connectivity index (χ3v) is 8.07. The summed E-state index contributed by atoms with van der Waals surface area (Å²) in [5, 5.41) is 7.46. The second kappa shape index (κ2) is 9.27. The highest BCUT2D eigenvalue weighted by atomic mass is 17.2. The van der Waals surface area contributed by atoms with E-state index in [4.69, 9.17) is 14.6 Å². The van der Waals surface area contributed by atoms with Gasteiger partial charge in [-0.2, -0.15) is 5.48 Å². The van der Waals surface area contributed by atoms with Crippen molar-refractivity contribution in [1.29, 1.82) is 0 Å². The molecule has 0 amide bonds. The second-order valence-electron chi connectivity index (χ2n) is 9.98. The van der Waals surface area contributed by atoms with Gasteiger partial charge < -0.3 is 0 Å². The van der Waals surface area contributed by atoms with E-state index >= 15 is 0 Å². The molecule has 0 radical (unpaired) electrons. The van der Waals surface area contributed by atoms with Gasteiger partial charge in [0.25, 0.3) is 0 Å². The molecule has 0 bridgehead atoms. The van der Waals surface area contributed by atoms with E-state index in [-0.39, 0.29) is 24.8 Å². The summed E-state index contributed by atoms with van der Waals surface area (Å²) in [4.78, 5) is 17.5. The van der Waals surface area contributed by atoms with Gasteiger partial charge in [0.15, 0.2) is 0 Å². The topological polar surface area (TPSA) is 63.8 Å². The molecule has 6 heteroatoms. The first kappa shape index (κ1) is 19.7. The van der Waals surface area contributed by atoms with E-state index in [2.05, 4.69) is 16.1 Å². The van der Waals surface area contributed by atoms with Crippen LogP contribution in [0.25, 0.3) is 0 Å². The number of nitrogens with one attached hydrogen (secondary N) is 3. The fraction of sp³-hybridized carbons (Fsp3) is 1.00. The van der Waals surface area contributed by atoms with E-state index in [1.54, 1.807) is 0 Å². The first-order valence-corrected chi connectivity index (χ1v) is 12.1. The zero-order chi connectivity index (χ0) is 18.8. The van der Waals surface area contributed by atoms with Crippen LogP contribution in [0.4, 0.5) is 0 Å². The van der Waals surface area contributed by atoms with Crippen molar-refractivity contribution in [3.05, 3.63) is 0 Å². The van der Waals surface area contributed by atoms with Crippen molar-refractivity contribution in [3.63, 3.8) is 0 Å². The van der Waals surface area contributed by atoms with E-state index in [0.717, 1.165) is 0 Å². The predicted molar refractivity (Wildman–Crippen MR) is 106 cm³/mol. The predicted octanol–water partition coefficient (Wildman–Crippen LogP) is 3.93. The lowest BCUT2D eigenvalue weighted by molar-refractivity contribution is -0.313. The zero-order valence-corrected chi connectivity index (χ0v) is 17.2. The third kappa shape index (κ3) is 4.42. The van der Waals surface area contributed by atoms with Crippen molar-refractivity contribution in [2.24, 2.45) is 23.7 Å². The summed E-state index contributed by atoms with van der Waals surface area (Å²) >= 11 is 0. The monoisotopic (exact) mass is 393 g/mol. The molecule has 2 aliphatic heterocycles. The van der Waals surface area contributed by atoms with Crippen LogP contribution in [0.3, 0.4) is 0 Å². The summed E-state index contributed by atoms with van der Waals surface area (Å²) in [6.45, 7) is 0. The van der Waals surface area contributed by atoms with Crippen LogP contribution in [0.1, 0.15) is 89.9 Å². The molecule has 3 saturated carbocycles. The summed E-state index contributed by atoms with van der Waals surface area (Å²) in [5.41, 5.74) is 3.34. The zero-order valence-electron chi connectivity index (χ0n) is 17.2. The van der Waals surface area contributed by atoms with E-state index in [0.29, 0.717) is 23.7 Å². The number of hydroxylamine groups is 1. The molecule has 6 nitrogen and oxygen atoms in total. The molecule has 5 aliphatic rings. The van der Waals surface area contributed by atoms with Crippen LogP contribution >= 0.6 is 0 Å². The first-order chi connectivity index (χ1) is 13.9. The maximum atomic E-state index is 5.98. The fourth-order valence-electron chi connectivity index (χ4n) is 6.34. The third-order valence-electron chi connectivity index (χ3n) is 8.07. The molecular formula is C22H39N3O3. The molecule has 5 fully saturated rings. The maximum Gasteiger partial charge on any atom is 0.148 e. The molecule has 0 aromatic heterocycles. The largest absolute Gasteiger partial charge is 0.281 e. The molecule has 2 heterocycles. The number of hydrogen-bond acceptors (Lipinski definition) is 6. The van der Waals surface area contributed by atoms with Gasteiger partial charge in [0, 0.05) is 17.8 Å². The summed E-state index contributed by atoms with van der Waals surface area (Å²) in [7, 11) is 0. The summed E-state index contributed by atoms with van der Waals surface area (Å²) in [6.07, 6.45) is 18.9. The Balaban J connectivity index is 1.11. The molecule has 28 heavy (non-hydrogen) atoms.